The second-order valence-electron chi connectivity index (χ2n) is 4.20. The Hall–Kier alpha value is -1.88. The number of rotatable bonds is 3. The average Bonchev–Trinajstić information content (AvgIpc) is 2.95. The second-order valence-corrected chi connectivity index (χ2v) is 4.95. The van der Waals surface area contributed by atoms with E-state index in [0.29, 0.717) is 0 Å². The number of benzene rings is 1. The number of aryl methyl sites for hydroxylation is 1. The Morgan fingerprint density at radius 3 is 2.89 bits per heavy atom. The van der Waals surface area contributed by atoms with Gasteiger partial charge in [-0.05, 0) is 26.0 Å². The van der Waals surface area contributed by atoms with E-state index in [2.05, 4.69) is 27.7 Å². The Labute approximate surface area is 109 Å². The number of nitrogens with one attached hydrogen (secondary N) is 1. The summed E-state index contributed by atoms with van der Waals surface area (Å²) in [5, 5.41) is 5.23. The lowest BCUT2D eigenvalue weighted by atomic mass is 10.2. The van der Waals surface area contributed by atoms with Crippen LogP contribution < -0.4 is 5.32 Å². The van der Waals surface area contributed by atoms with Gasteiger partial charge in [-0.15, -0.1) is 0 Å². The first kappa shape index (κ1) is 11.2. The van der Waals surface area contributed by atoms with Crippen molar-refractivity contribution >= 4 is 27.6 Å². The van der Waals surface area contributed by atoms with Crippen LogP contribution in [0.15, 0.2) is 34.7 Å². The fourth-order valence-corrected chi connectivity index (χ4v) is 2.49. The molecule has 4 nitrogen and oxygen atoms in total. The number of nitrogens with zero attached hydrogens (tertiary/aromatic N) is 2. The highest BCUT2D eigenvalue weighted by atomic mass is 32.1. The Balaban J connectivity index is 1.85. The van der Waals surface area contributed by atoms with Gasteiger partial charge < -0.3 is 9.73 Å². The molecule has 0 saturated heterocycles. The van der Waals surface area contributed by atoms with E-state index in [1.54, 1.807) is 0 Å². The van der Waals surface area contributed by atoms with E-state index in [9.17, 15) is 0 Å². The van der Waals surface area contributed by atoms with E-state index >= 15 is 0 Å². The number of aromatic nitrogens is 2. The summed E-state index contributed by atoms with van der Waals surface area (Å²) < 4.78 is 9.95. The molecule has 0 aliphatic carbocycles. The largest absolute Gasteiger partial charge is 0.459 e. The van der Waals surface area contributed by atoms with Crippen LogP contribution in [-0.4, -0.2) is 9.36 Å². The fourth-order valence-electron chi connectivity index (χ4n) is 1.83. The lowest BCUT2D eigenvalue weighted by Crippen LogP contribution is -2.04. The Morgan fingerprint density at radius 1 is 1.33 bits per heavy atom. The zero-order valence-electron chi connectivity index (χ0n) is 10.2. The van der Waals surface area contributed by atoms with Gasteiger partial charge in [0, 0.05) is 16.9 Å². The van der Waals surface area contributed by atoms with Gasteiger partial charge in [0.15, 0.2) is 0 Å². The molecule has 0 amide bonds. The summed E-state index contributed by atoms with van der Waals surface area (Å²) in [6.07, 6.45) is 0. The van der Waals surface area contributed by atoms with Crippen molar-refractivity contribution in [3.8, 4) is 0 Å². The highest BCUT2D eigenvalue weighted by Gasteiger charge is 2.12. The number of hydrogen-bond donors (Lipinski definition) is 1. The predicted octanol–water partition coefficient (Wildman–Crippen LogP) is 3.77. The minimum atomic E-state index is 0.0738. The average molecular weight is 259 g/mol. The third-order valence-corrected chi connectivity index (χ3v) is 3.48. The summed E-state index contributed by atoms with van der Waals surface area (Å²) in [6, 6.07) is 10.1. The van der Waals surface area contributed by atoms with Crippen molar-refractivity contribution in [1.29, 1.82) is 0 Å². The minimum absolute atomic E-state index is 0.0738. The summed E-state index contributed by atoms with van der Waals surface area (Å²) in [4.78, 5) is 4.28. The first-order valence-corrected chi connectivity index (χ1v) is 6.55. The molecule has 3 rings (SSSR count). The number of para-hydroxylation sites is 1. The molecule has 0 unspecified atom stereocenters. The number of furan rings is 1. The minimum Gasteiger partial charge on any atom is -0.459 e. The van der Waals surface area contributed by atoms with Gasteiger partial charge in [0.2, 0.25) is 5.13 Å². The van der Waals surface area contributed by atoms with Gasteiger partial charge in [-0.1, -0.05) is 18.2 Å². The lowest BCUT2D eigenvalue weighted by molar-refractivity contribution is 0.526. The summed E-state index contributed by atoms with van der Waals surface area (Å²) in [5.74, 6) is 1.70. The maximum Gasteiger partial charge on any atom is 0.203 e. The van der Waals surface area contributed by atoms with Crippen molar-refractivity contribution in [2.45, 2.75) is 19.9 Å². The SMILES string of the molecule is Cc1nsc(N[C@@H](C)c2cc3ccccc3o2)n1. The first-order chi connectivity index (χ1) is 8.72. The molecule has 0 saturated carbocycles. The molecule has 0 radical (unpaired) electrons. The van der Waals surface area contributed by atoms with Crippen molar-refractivity contribution in [3.05, 3.63) is 41.9 Å². The molecule has 92 valence electrons. The molecule has 0 aliphatic heterocycles. The molecular formula is C13H13N3OS. The molecule has 0 bridgehead atoms. The highest BCUT2D eigenvalue weighted by molar-refractivity contribution is 7.09. The van der Waals surface area contributed by atoms with Gasteiger partial charge in [-0.3, -0.25) is 0 Å². The Bertz CT molecular complexity index is 640. The molecule has 5 heteroatoms. The van der Waals surface area contributed by atoms with Crippen molar-refractivity contribution in [1.82, 2.24) is 9.36 Å². The third kappa shape index (κ3) is 2.09. The van der Waals surface area contributed by atoms with E-state index in [1.807, 2.05) is 31.2 Å². The number of fused-ring (bicyclic) bond motifs is 1. The Morgan fingerprint density at radius 2 is 2.17 bits per heavy atom. The standard InChI is InChI=1S/C13H13N3OS/c1-8(14-13-15-9(2)16-18-13)12-7-10-5-3-4-6-11(10)17-12/h3-8H,1-2H3,(H,14,15,16)/t8-/m0/s1. The molecule has 0 aliphatic rings. The van der Waals surface area contributed by atoms with E-state index in [1.165, 1.54) is 11.5 Å². The zero-order chi connectivity index (χ0) is 12.5. The monoisotopic (exact) mass is 259 g/mol. The van der Waals surface area contributed by atoms with Gasteiger partial charge >= 0.3 is 0 Å². The molecular weight excluding hydrogens is 246 g/mol. The van der Waals surface area contributed by atoms with Gasteiger partial charge in [-0.25, -0.2) is 4.98 Å². The van der Waals surface area contributed by atoms with Crippen LogP contribution >= 0.6 is 11.5 Å². The fraction of sp³-hybridized carbons (Fsp3) is 0.231. The molecule has 3 aromatic rings. The predicted molar refractivity (Wildman–Crippen MR) is 72.9 cm³/mol. The van der Waals surface area contributed by atoms with Crippen molar-refractivity contribution < 1.29 is 4.42 Å². The molecule has 0 fully saturated rings. The van der Waals surface area contributed by atoms with Crippen molar-refractivity contribution in [2.75, 3.05) is 5.32 Å². The van der Waals surface area contributed by atoms with Gasteiger partial charge in [0.05, 0.1) is 6.04 Å². The molecule has 1 aromatic carbocycles. The second kappa shape index (κ2) is 4.42. The van der Waals surface area contributed by atoms with Crippen LogP contribution in [0.25, 0.3) is 11.0 Å². The topological polar surface area (TPSA) is 51.0 Å². The summed E-state index contributed by atoms with van der Waals surface area (Å²) >= 11 is 1.37. The normalized spacial score (nSPS) is 12.8. The maximum absolute atomic E-state index is 5.80. The first-order valence-electron chi connectivity index (χ1n) is 5.78. The molecule has 2 heterocycles. The maximum atomic E-state index is 5.80. The van der Waals surface area contributed by atoms with E-state index in [-0.39, 0.29) is 6.04 Å². The van der Waals surface area contributed by atoms with Crippen LogP contribution in [0.2, 0.25) is 0 Å². The summed E-state index contributed by atoms with van der Waals surface area (Å²) in [5.41, 5.74) is 0.912. The van der Waals surface area contributed by atoms with Crippen LogP contribution in [0, 0.1) is 6.92 Å². The lowest BCUT2D eigenvalue weighted by Gasteiger charge is -2.08. The molecule has 18 heavy (non-hydrogen) atoms. The van der Waals surface area contributed by atoms with E-state index in [0.717, 1.165) is 27.7 Å². The molecule has 1 N–H and O–H groups in total. The van der Waals surface area contributed by atoms with Crippen molar-refractivity contribution in [3.63, 3.8) is 0 Å². The number of anilines is 1. The molecule has 2 aromatic heterocycles. The quantitative estimate of drug-likeness (QED) is 0.778. The van der Waals surface area contributed by atoms with Gasteiger partial charge in [0.25, 0.3) is 0 Å². The number of hydrogen-bond acceptors (Lipinski definition) is 5. The van der Waals surface area contributed by atoms with E-state index in [4.69, 9.17) is 4.42 Å². The van der Waals surface area contributed by atoms with E-state index < -0.39 is 0 Å². The molecule has 1 atom stereocenters. The smallest absolute Gasteiger partial charge is 0.203 e. The zero-order valence-corrected chi connectivity index (χ0v) is 11.0. The van der Waals surface area contributed by atoms with Gasteiger partial charge in [-0.2, -0.15) is 4.37 Å². The molecule has 0 spiro atoms. The summed E-state index contributed by atoms with van der Waals surface area (Å²) in [6.45, 7) is 3.93. The summed E-state index contributed by atoms with van der Waals surface area (Å²) in [7, 11) is 0. The van der Waals surface area contributed by atoms with Gasteiger partial charge in [0.1, 0.15) is 17.2 Å². The van der Waals surface area contributed by atoms with Crippen LogP contribution in [0.1, 0.15) is 24.6 Å². The van der Waals surface area contributed by atoms with Crippen LogP contribution in [-0.2, 0) is 0 Å². The van der Waals surface area contributed by atoms with Crippen molar-refractivity contribution in [2.24, 2.45) is 0 Å². The van der Waals surface area contributed by atoms with Crippen LogP contribution in [0.3, 0.4) is 0 Å². The van der Waals surface area contributed by atoms with Crippen LogP contribution in [0.5, 0.6) is 0 Å². The van der Waals surface area contributed by atoms with Crippen LogP contribution in [0.4, 0.5) is 5.13 Å². The third-order valence-electron chi connectivity index (χ3n) is 2.74. The Kier molecular flexibility index (Phi) is 2.76. The highest BCUT2D eigenvalue weighted by Crippen LogP contribution is 2.26.